The van der Waals surface area contributed by atoms with Gasteiger partial charge in [-0.05, 0) is 12.5 Å². The van der Waals surface area contributed by atoms with Gasteiger partial charge in [-0.1, -0.05) is 6.08 Å². The Labute approximate surface area is 136 Å². The zero-order valence-electron chi connectivity index (χ0n) is 13.3. The summed E-state index contributed by atoms with van der Waals surface area (Å²) in [5.41, 5.74) is 1.61. The first-order valence-electron chi connectivity index (χ1n) is 7.42. The molecule has 3 aromatic heterocycles. The van der Waals surface area contributed by atoms with Crippen LogP contribution in [0.15, 0.2) is 25.4 Å². The summed E-state index contributed by atoms with van der Waals surface area (Å²) in [4.78, 5) is 0. The SMILES string of the molecule is Cc1nnc(C2=CC(c3nnc(C)o3)CC(c3nnc(C)o3)=C2)o1. The molecule has 0 saturated carbocycles. The van der Waals surface area contributed by atoms with Crippen molar-refractivity contribution in [3.8, 4) is 0 Å². The topological polar surface area (TPSA) is 117 Å². The zero-order chi connectivity index (χ0) is 16.7. The van der Waals surface area contributed by atoms with Crippen LogP contribution in [-0.4, -0.2) is 30.6 Å². The van der Waals surface area contributed by atoms with Gasteiger partial charge in [-0.25, -0.2) is 0 Å². The van der Waals surface area contributed by atoms with E-state index in [2.05, 4.69) is 30.6 Å². The van der Waals surface area contributed by atoms with Gasteiger partial charge in [0.15, 0.2) is 0 Å². The van der Waals surface area contributed by atoms with Crippen LogP contribution >= 0.6 is 0 Å². The fraction of sp³-hybridized carbons (Fsp3) is 0.333. The molecule has 0 amide bonds. The van der Waals surface area contributed by atoms with Crippen molar-refractivity contribution in [3.05, 3.63) is 47.5 Å². The minimum atomic E-state index is -0.138. The predicted molar refractivity (Wildman–Crippen MR) is 80.4 cm³/mol. The quantitative estimate of drug-likeness (QED) is 0.715. The number of aromatic nitrogens is 6. The highest BCUT2D eigenvalue weighted by Gasteiger charge is 2.27. The molecule has 0 aliphatic heterocycles. The van der Waals surface area contributed by atoms with E-state index in [1.165, 1.54) is 0 Å². The molecule has 3 heterocycles. The van der Waals surface area contributed by atoms with Crippen molar-refractivity contribution in [2.45, 2.75) is 33.1 Å². The van der Waals surface area contributed by atoms with Crippen LogP contribution in [0.3, 0.4) is 0 Å². The highest BCUT2D eigenvalue weighted by molar-refractivity contribution is 5.82. The number of aryl methyl sites for hydroxylation is 3. The molecule has 0 spiro atoms. The summed E-state index contributed by atoms with van der Waals surface area (Å²) in [5.74, 6) is 2.76. The summed E-state index contributed by atoms with van der Waals surface area (Å²) in [7, 11) is 0. The van der Waals surface area contributed by atoms with Gasteiger partial charge < -0.3 is 13.3 Å². The summed E-state index contributed by atoms with van der Waals surface area (Å²) in [6, 6.07) is 0. The molecule has 1 aliphatic rings. The number of hydrogen-bond donors (Lipinski definition) is 0. The molecule has 4 rings (SSSR count). The Kier molecular flexibility index (Phi) is 3.33. The molecule has 0 N–H and O–H groups in total. The minimum absolute atomic E-state index is 0.138. The number of allylic oxidation sites excluding steroid dienone is 4. The Balaban J connectivity index is 1.77. The van der Waals surface area contributed by atoms with E-state index in [4.69, 9.17) is 13.3 Å². The van der Waals surface area contributed by atoms with Crippen molar-refractivity contribution in [2.75, 3.05) is 0 Å². The monoisotopic (exact) mass is 326 g/mol. The Morgan fingerprint density at radius 1 is 0.792 bits per heavy atom. The van der Waals surface area contributed by atoms with Crippen LogP contribution in [0.25, 0.3) is 11.1 Å². The van der Waals surface area contributed by atoms with E-state index >= 15 is 0 Å². The third-order valence-electron chi connectivity index (χ3n) is 3.58. The van der Waals surface area contributed by atoms with Crippen LogP contribution in [0.4, 0.5) is 0 Å². The maximum atomic E-state index is 5.57. The molecule has 1 aliphatic carbocycles. The smallest absolute Gasteiger partial charge is 0.247 e. The van der Waals surface area contributed by atoms with Gasteiger partial charge in [0.1, 0.15) is 0 Å². The van der Waals surface area contributed by atoms with E-state index in [1.54, 1.807) is 20.8 Å². The summed E-state index contributed by atoms with van der Waals surface area (Å²) >= 11 is 0. The standard InChI is InChI=1S/C15H14N6O3/c1-7-16-19-13(22-7)10-4-11(14-20-17-8(2)23-14)6-12(5-10)15-21-18-9(3)24-15/h4-5,11H,6H2,1-3H3. The third kappa shape index (κ3) is 2.64. The van der Waals surface area contributed by atoms with E-state index < -0.39 is 0 Å². The van der Waals surface area contributed by atoms with E-state index in [1.807, 2.05) is 12.2 Å². The average molecular weight is 326 g/mol. The highest BCUT2D eigenvalue weighted by atomic mass is 16.4. The largest absolute Gasteiger partial charge is 0.425 e. The summed E-state index contributed by atoms with van der Waals surface area (Å²) in [5, 5.41) is 23.9. The second kappa shape index (κ2) is 5.52. The highest BCUT2D eigenvalue weighted by Crippen LogP contribution is 2.37. The van der Waals surface area contributed by atoms with Crippen molar-refractivity contribution >= 4 is 11.1 Å². The van der Waals surface area contributed by atoms with Gasteiger partial charge in [0.05, 0.1) is 5.92 Å². The molecular formula is C15H14N6O3. The van der Waals surface area contributed by atoms with E-state index in [0.717, 1.165) is 11.1 Å². The molecule has 0 fully saturated rings. The molecule has 0 saturated heterocycles. The molecule has 9 heteroatoms. The van der Waals surface area contributed by atoms with Gasteiger partial charge in [-0.15, -0.1) is 30.6 Å². The fourth-order valence-corrected chi connectivity index (χ4v) is 2.55. The second-order valence-corrected chi connectivity index (χ2v) is 5.51. The van der Waals surface area contributed by atoms with E-state index in [-0.39, 0.29) is 5.92 Å². The van der Waals surface area contributed by atoms with Crippen LogP contribution in [-0.2, 0) is 0 Å². The third-order valence-corrected chi connectivity index (χ3v) is 3.58. The van der Waals surface area contributed by atoms with Gasteiger partial charge in [0, 0.05) is 31.9 Å². The number of rotatable bonds is 3. The van der Waals surface area contributed by atoms with Gasteiger partial charge >= 0.3 is 0 Å². The maximum absolute atomic E-state index is 5.57. The predicted octanol–water partition coefficient (Wildman–Crippen LogP) is 2.42. The maximum Gasteiger partial charge on any atom is 0.247 e. The van der Waals surface area contributed by atoms with E-state index in [0.29, 0.717) is 41.8 Å². The van der Waals surface area contributed by atoms with Gasteiger partial charge in [0.2, 0.25) is 35.3 Å². The molecule has 0 bridgehead atoms. The summed E-state index contributed by atoms with van der Waals surface area (Å²) < 4.78 is 16.7. The zero-order valence-corrected chi connectivity index (χ0v) is 13.3. The number of nitrogens with zero attached hydrogens (tertiary/aromatic N) is 6. The van der Waals surface area contributed by atoms with Gasteiger partial charge in [-0.2, -0.15) is 0 Å². The minimum Gasteiger partial charge on any atom is -0.425 e. The van der Waals surface area contributed by atoms with Crippen molar-refractivity contribution < 1.29 is 13.3 Å². The first kappa shape index (κ1) is 14.5. The molecule has 9 nitrogen and oxygen atoms in total. The molecular weight excluding hydrogens is 312 g/mol. The first-order chi connectivity index (χ1) is 11.6. The van der Waals surface area contributed by atoms with Crippen molar-refractivity contribution in [1.82, 2.24) is 30.6 Å². The van der Waals surface area contributed by atoms with Crippen molar-refractivity contribution in [1.29, 1.82) is 0 Å². The number of hydrogen-bond acceptors (Lipinski definition) is 9. The van der Waals surface area contributed by atoms with E-state index in [9.17, 15) is 0 Å². The van der Waals surface area contributed by atoms with Crippen LogP contribution in [0.5, 0.6) is 0 Å². The lowest BCUT2D eigenvalue weighted by Crippen LogP contribution is -2.05. The van der Waals surface area contributed by atoms with Crippen molar-refractivity contribution in [3.63, 3.8) is 0 Å². The van der Waals surface area contributed by atoms with Crippen LogP contribution in [0.1, 0.15) is 47.7 Å². The lowest BCUT2D eigenvalue weighted by molar-refractivity contribution is 0.448. The Morgan fingerprint density at radius 2 is 1.42 bits per heavy atom. The fourth-order valence-electron chi connectivity index (χ4n) is 2.55. The lowest BCUT2D eigenvalue weighted by atomic mass is 9.90. The molecule has 3 aromatic rings. The van der Waals surface area contributed by atoms with Crippen LogP contribution in [0.2, 0.25) is 0 Å². The second-order valence-electron chi connectivity index (χ2n) is 5.51. The van der Waals surface area contributed by atoms with Gasteiger partial charge in [0.25, 0.3) is 0 Å². The van der Waals surface area contributed by atoms with Crippen LogP contribution < -0.4 is 0 Å². The molecule has 1 atom stereocenters. The lowest BCUT2D eigenvalue weighted by Gasteiger charge is -2.16. The molecule has 24 heavy (non-hydrogen) atoms. The Morgan fingerprint density at radius 3 is 2.00 bits per heavy atom. The average Bonchev–Trinajstić information content (AvgIpc) is 3.28. The Hall–Kier alpha value is -3.10. The van der Waals surface area contributed by atoms with Gasteiger partial charge in [-0.3, -0.25) is 0 Å². The first-order valence-corrected chi connectivity index (χ1v) is 7.42. The van der Waals surface area contributed by atoms with Crippen molar-refractivity contribution in [2.24, 2.45) is 0 Å². The summed E-state index contributed by atoms with van der Waals surface area (Å²) in [6.45, 7) is 5.24. The Bertz CT molecular complexity index is 948. The summed E-state index contributed by atoms with van der Waals surface area (Å²) in [6.07, 6.45) is 4.46. The molecule has 0 radical (unpaired) electrons. The molecule has 0 aromatic carbocycles. The molecule has 122 valence electrons. The normalized spacial score (nSPS) is 17.7. The molecule has 1 unspecified atom stereocenters. The van der Waals surface area contributed by atoms with Crippen LogP contribution in [0, 0.1) is 20.8 Å².